The molecule has 0 bridgehead atoms. The molecule has 0 aliphatic carbocycles. The van der Waals surface area contributed by atoms with Crippen LogP contribution in [-0.2, 0) is 4.79 Å². The van der Waals surface area contributed by atoms with Crippen LogP contribution in [0.3, 0.4) is 0 Å². The molecule has 0 spiro atoms. The van der Waals surface area contributed by atoms with E-state index in [-0.39, 0.29) is 23.6 Å². The fourth-order valence-corrected chi connectivity index (χ4v) is 2.21. The molecule has 2 rings (SSSR count). The first-order chi connectivity index (χ1) is 10.0. The second-order valence-corrected chi connectivity index (χ2v) is 5.32. The van der Waals surface area contributed by atoms with E-state index in [4.69, 9.17) is 0 Å². The van der Waals surface area contributed by atoms with Crippen molar-refractivity contribution in [3.05, 3.63) is 34.2 Å². The molecule has 2 atom stereocenters. The Morgan fingerprint density at radius 2 is 1.95 bits per heavy atom. The maximum absolute atomic E-state index is 12.1. The normalized spacial score (nSPS) is 14.0. The van der Waals surface area contributed by atoms with Crippen LogP contribution < -0.4 is 16.3 Å². The van der Waals surface area contributed by atoms with Gasteiger partial charge in [0.1, 0.15) is 0 Å². The molecule has 0 fully saturated rings. The highest BCUT2D eigenvalue weighted by Gasteiger charge is 2.16. The van der Waals surface area contributed by atoms with E-state index in [0.717, 1.165) is 23.1 Å². The van der Waals surface area contributed by atoms with Crippen molar-refractivity contribution in [3.63, 3.8) is 0 Å². The summed E-state index contributed by atoms with van der Waals surface area (Å²) in [7, 11) is 0. The molecule has 2 aromatic rings. The molecular weight excluding hydrogens is 268 g/mol. The van der Waals surface area contributed by atoms with Gasteiger partial charge in [-0.2, -0.15) is 0 Å². The highest BCUT2D eigenvalue weighted by atomic mass is 16.2. The average Bonchev–Trinajstić information content (AvgIpc) is 2.83. The van der Waals surface area contributed by atoms with E-state index in [1.165, 1.54) is 0 Å². The van der Waals surface area contributed by atoms with Crippen LogP contribution in [0.2, 0.25) is 0 Å². The van der Waals surface area contributed by atoms with E-state index in [9.17, 15) is 9.59 Å². The highest BCUT2D eigenvalue weighted by molar-refractivity contribution is 5.79. The molecule has 6 heteroatoms. The molecule has 2 unspecified atom stereocenters. The van der Waals surface area contributed by atoms with Crippen LogP contribution in [0.1, 0.15) is 32.4 Å². The third-order valence-corrected chi connectivity index (χ3v) is 3.55. The molecule has 1 aromatic carbocycles. The summed E-state index contributed by atoms with van der Waals surface area (Å²) in [5, 5.41) is 6.16. The summed E-state index contributed by atoms with van der Waals surface area (Å²) in [6.07, 6.45) is 0. The van der Waals surface area contributed by atoms with E-state index in [0.29, 0.717) is 6.54 Å². The first kappa shape index (κ1) is 15.3. The fraction of sp³-hybridized carbons (Fsp3) is 0.467. The number of aromatic nitrogens is 2. The Bertz CT molecular complexity index is 674. The number of hydrogen-bond acceptors (Lipinski definition) is 3. The first-order valence-electron chi connectivity index (χ1n) is 7.24. The third-order valence-electron chi connectivity index (χ3n) is 3.55. The van der Waals surface area contributed by atoms with E-state index in [1.54, 1.807) is 0 Å². The monoisotopic (exact) mass is 290 g/mol. The van der Waals surface area contributed by atoms with Gasteiger partial charge >= 0.3 is 5.69 Å². The summed E-state index contributed by atoms with van der Waals surface area (Å²) in [5.41, 5.74) is 2.25. The van der Waals surface area contributed by atoms with Gasteiger partial charge in [-0.05, 0) is 31.2 Å². The molecule has 0 saturated heterocycles. The van der Waals surface area contributed by atoms with Crippen molar-refractivity contribution < 1.29 is 4.79 Å². The maximum atomic E-state index is 12.1. The van der Waals surface area contributed by atoms with Gasteiger partial charge in [-0.15, -0.1) is 0 Å². The van der Waals surface area contributed by atoms with Gasteiger partial charge < -0.3 is 20.6 Å². The number of nitrogens with one attached hydrogen (secondary N) is 4. The molecular formula is C15H22N4O2. The second kappa shape index (κ2) is 6.58. The lowest BCUT2D eigenvalue weighted by atomic mass is 10.1. The topological polar surface area (TPSA) is 89.8 Å². The molecule has 6 nitrogen and oxygen atoms in total. The van der Waals surface area contributed by atoms with Crippen LogP contribution in [0.4, 0.5) is 0 Å². The van der Waals surface area contributed by atoms with Crippen molar-refractivity contribution in [1.82, 2.24) is 20.6 Å². The van der Waals surface area contributed by atoms with Crippen molar-refractivity contribution in [3.8, 4) is 0 Å². The zero-order chi connectivity index (χ0) is 15.4. The molecule has 0 saturated carbocycles. The minimum absolute atomic E-state index is 0.0195. The fourth-order valence-electron chi connectivity index (χ4n) is 2.21. The predicted octanol–water partition coefficient (Wildman–Crippen LogP) is 1.28. The van der Waals surface area contributed by atoms with Gasteiger partial charge in [-0.1, -0.05) is 19.9 Å². The van der Waals surface area contributed by atoms with Gasteiger partial charge in [0, 0.05) is 12.5 Å². The molecule has 0 radical (unpaired) electrons. The minimum atomic E-state index is -0.224. The number of imidazole rings is 1. The van der Waals surface area contributed by atoms with Gasteiger partial charge in [-0.25, -0.2) is 4.79 Å². The van der Waals surface area contributed by atoms with Crippen LogP contribution in [0.25, 0.3) is 11.0 Å². The van der Waals surface area contributed by atoms with Crippen molar-refractivity contribution in [2.24, 2.45) is 5.92 Å². The number of hydrogen-bond donors (Lipinski definition) is 4. The Morgan fingerprint density at radius 3 is 2.67 bits per heavy atom. The number of carbonyl (C=O) groups excluding carboxylic acids is 1. The number of amides is 1. The first-order valence-corrected chi connectivity index (χ1v) is 7.24. The summed E-state index contributed by atoms with van der Waals surface area (Å²) in [4.78, 5) is 28.8. The lowest BCUT2D eigenvalue weighted by Crippen LogP contribution is -2.36. The van der Waals surface area contributed by atoms with Gasteiger partial charge in [0.05, 0.1) is 17.1 Å². The summed E-state index contributed by atoms with van der Waals surface area (Å²) in [6, 6.07) is 5.52. The van der Waals surface area contributed by atoms with Gasteiger partial charge in [0.2, 0.25) is 5.91 Å². The Morgan fingerprint density at radius 1 is 1.24 bits per heavy atom. The third kappa shape index (κ3) is 3.72. The number of fused-ring (bicyclic) bond motifs is 1. The summed E-state index contributed by atoms with van der Waals surface area (Å²) < 4.78 is 0. The zero-order valence-corrected chi connectivity index (χ0v) is 12.6. The number of aromatic amines is 2. The van der Waals surface area contributed by atoms with Crippen LogP contribution in [0, 0.1) is 5.92 Å². The van der Waals surface area contributed by atoms with Crippen molar-refractivity contribution in [2.75, 3.05) is 13.1 Å². The molecule has 1 heterocycles. The van der Waals surface area contributed by atoms with Gasteiger partial charge in [0.25, 0.3) is 0 Å². The Hall–Kier alpha value is -2.08. The molecule has 1 aromatic heterocycles. The number of rotatable bonds is 6. The largest absolute Gasteiger partial charge is 0.349 e. The molecule has 4 N–H and O–H groups in total. The standard InChI is InChI=1S/C15H22N4O2/c1-4-16-8-9(2)14(20)17-10(3)11-5-6-12-13(7-11)19-15(21)18-12/h5-7,9-10,16H,4,8H2,1-3H3,(H,17,20)(H2,18,19,21). The van der Waals surface area contributed by atoms with Crippen LogP contribution in [0.15, 0.2) is 23.0 Å². The van der Waals surface area contributed by atoms with Crippen molar-refractivity contribution >= 4 is 16.9 Å². The predicted molar refractivity (Wildman–Crippen MR) is 83.2 cm³/mol. The zero-order valence-electron chi connectivity index (χ0n) is 12.6. The average molecular weight is 290 g/mol. The van der Waals surface area contributed by atoms with Crippen molar-refractivity contribution in [1.29, 1.82) is 0 Å². The Labute approximate surface area is 123 Å². The van der Waals surface area contributed by atoms with E-state index >= 15 is 0 Å². The Balaban J connectivity index is 2.05. The quantitative estimate of drug-likeness (QED) is 0.646. The van der Waals surface area contributed by atoms with Crippen molar-refractivity contribution in [2.45, 2.75) is 26.8 Å². The maximum Gasteiger partial charge on any atom is 0.323 e. The molecule has 1 amide bonds. The minimum Gasteiger partial charge on any atom is -0.349 e. The van der Waals surface area contributed by atoms with Gasteiger partial charge in [0.15, 0.2) is 0 Å². The lowest BCUT2D eigenvalue weighted by Gasteiger charge is -2.18. The van der Waals surface area contributed by atoms with Gasteiger partial charge in [-0.3, -0.25) is 4.79 Å². The SMILES string of the molecule is CCNCC(C)C(=O)NC(C)c1ccc2[nH]c(=O)[nH]c2c1. The summed E-state index contributed by atoms with van der Waals surface area (Å²) in [6.45, 7) is 7.37. The molecule has 114 valence electrons. The van der Waals surface area contributed by atoms with Crippen LogP contribution in [0.5, 0.6) is 0 Å². The van der Waals surface area contributed by atoms with E-state index in [1.807, 2.05) is 39.0 Å². The molecule has 0 aliphatic rings. The molecule has 21 heavy (non-hydrogen) atoms. The smallest absolute Gasteiger partial charge is 0.323 e. The second-order valence-electron chi connectivity index (χ2n) is 5.32. The summed E-state index contributed by atoms with van der Waals surface area (Å²) >= 11 is 0. The van der Waals surface area contributed by atoms with Crippen LogP contribution >= 0.6 is 0 Å². The lowest BCUT2D eigenvalue weighted by molar-refractivity contribution is -0.125. The molecule has 0 aliphatic heterocycles. The Kier molecular flexibility index (Phi) is 4.80. The number of carbonyl (C=O) groups is 1. The highest BCUT2D eigenvalue weighted by Crippen LogP contribution is 2.17. The number of H-pyrrole nitrogens is 2. The van der Waals surface area contributed by atoms with E-state index in [2.05, 4.69) is 20.6 Å². The number of benzene rings is 1. The van der Waals surface area contributed by atoms with E-state index < -0.39 is 0 Å². The van der Waals surface area contributed by atoms with Crippen LogP contribution in [-0.4, -0.2) is 29.0 Å². The summed E-state index contributed by atoms with van der Waals surface area (Å²) in [5.74, 6) is -0.0608.